The highest BCUT2D eigenvalue weighted by Crippen LogP contribution is 2.40. The Kier molecular flexibility index (Phi) is 5.19. The second kappa shape index (κ2) is 6.79. The van der Waals surface area contributed by atoms with Gasteiger partial charge in [-0.25, -0.2) is 4.79 Å². The monoisotopic (exact) mass is 405 g/mol. The fourth-order valence-corrected chi connectivity index (χ4v) is 3.93. The van der Waals surface area contributed by atoms with E-state index in [-0.39, 0.29) is 11.0 Å². The maximum atomic E-state index is 12.1. The number of carboxylic acid groups (broad SMARTS) is 1. The van der Waals surface area contributed by atoms with Crippen LogP contribution in [-0.4, -0.2) is 62.1 Å². The molecule has 2 amide bonds. The number of hydrogen-bond donors (Lipinski definition) is 2. The van der Waals surface area contributed by atoms with Gasteiger partial charge in [-0.15, -0.1) is 16.7 Å². The van der Waals surface area contributed by atoms with Crippen LogP contribution in [0.1, 0.15) is 6.92 Å². The van der Waals surface area contributed by atoms with Gasteiger partial charge >= 0.3 is 5.97 Å². The highest BCUT2D eigenvalue weighted by molar-refractivity contribution is 9.09. The first kappa shape index (κ1) is 17.6. The van der Waals surface area contributed by atoms with Crippen LogP contribution in [0, 0.1) is 4.91 Å². The van der Waals surface area contributed by atoms with Crippen LogP contribution in [0.3, 0.4) is 0 Å². The molecule has 1 saturated heterocycles. The number of amides is 2. The third-order valence-corrected chi connectivity index (χ3v) is 5.43. The van der Waals surface area contributed by atoms with E-state index < -0.39 is 41.0 Å². The molecule has 0 radical (unpaired) electrons. The molecular formula is C12H12BrN3O6S. The van der Waals surface area contributed by atoms with Crippen LogP contribution in [0.15, 0.2) is 16.4 Å². The number of nitroso groups, excluding NO2 is 1. The minimum atomic E-state index is -1.74. The fraction of sp³-hybridized carbons (Fsp3) is 0.500. The number of fused-ring (bicyclic) bond motifs is 1. The molecule has 2 rings (SSSR count). The lowest BCUT2D eigenvalue weighted by Gasteiger charge is -2.49. The summed E-state index contributed by atoms with van der Waals surface area (Å²) in [6.45, 7) is 1.62. The number of carbonyl (C=O) groups is 4. The van der Waals surface area contributed by atoms with Crippen molar-refractivity contribution in [2.45, 2.75) is 24.4 Å². The Morgan fingerprint density at radius 2 is 2.17 bits per heavy atom. The summed E-state index contributed by atoms with van der Waals surface area (Å²) >= 11 is 4.14. The molecule has 1 unspecified atom stereocenters. The number of aliphatic carboxylic acids is 1. The zero-order chi connectivity index (χ0) is 17.3. The lowest BCUT2D eigenvalue weighted by molar-refractivity contribution is -0.151. The van der Waals surface area contributed by atoms with Crippen molar-refractivity contribution < 1.29 is 24.3 Å². The summed E-state index contributed by atoms with van der Waals surface area (Å²) in [6.07, 6.45) is 0. The van der Waals surface area contributed by atoms with Gasteiger partial charge in [0, 0.05) is 5.75 Å². The van der Waals surface area contributed by atoms with Gasteiger partial charge in [0.1, 0.15) is 17.1 Å². The second-order valence-corrected chi connectivity index (χ2v) is 6.60. The molecule has 9 nitrogen and oxygen atoms in total. The number of thioether (sulfide) groups is 1. The van der Waals surface area contributed by atoms with Crippen molar-refractivity contribution in [1.29, 1.82) is 0 Å². The molecule has 2 aliphatic heterocycles. The molecule has 2 heterocycles. The normalized spacial score (nSPS) is 24.4. The second-order valence-electron chi connectivity index (χ2n) is 4.94. The molecule has 23 heavy (non-hydrogen) atoms. The Hall–Kier alpha value is -1.75. The van der Waals surface area contributed by atoms with Crippen LogP contribution in [0.4, 0.5) is 0 Å². The number of alkyl halides is 1. The summed E-state index contributed by atoms with van der Waals surface area (Å²) in [5.41, 5.74) is 0.463. The molecule has 0 bridgehead atoms. The van der Waals surface area contributed by atoms with E-state index in [4.69, 9.17) is 0 Å². The van der Waals surface area contributed by atoms with Crippen LogP contribution in [0.2, 0.25) is 0 Å². The van der Waals surface area contributed by atoms with Crippen LogP contribution < -0.4 is 5.32 Å². The van der Waals surface area contributed by atoms with Gasteiger partial charge in [0.25, 0.3) is 11.8 Å². The van der Waals surface area contributed by atoms with Crippen LogP contribution in [0.5, 0.6) is 0 Å². The third kappa shape index (κ3) is 3.02. The molecule has 0 aromatic heterocycles. The molecule has 0 spiro atoms. The van der Waals surface area contributed by atoms with Crippen molar-refractivity contribution in [1.82, 2.24) is 10.2 Å². The average Bonchev–Trinajstić information content (AvgIpc) is 2.52. The molecule has 2 N–H and O–H groups in total. The maximum absolute atomic E-state index is 12.1. The highest BCUT2D eigenvalue weighted by Gasteiger charge is 2.54. The van der Waals surface area contributed by atoms with Gasteiger partial charge in [0.15, 0.2) is 5.78 Å². The third-order valence-electron chi connectivity index (χ3n) is 3.45. The van der Waals surface area contributed by atoms with Crippen LogP contribution >= 0.6 is 27.7 Å². The maximum Gasteiger partial charge on any atom is 0.352 e. The van der Waals surface area contributed by atoms with Crippen molar-refractivity contribution in [3.05, 3.63) is 16.2 Å². The number of ketones is 1. The van der Waals surface area contributed by atoms with E-state index in [0.29, 0.717) is 11.3 Å². The lowest BCUT2D eigenvalue weighted by atomic mass is 10.0. The van der Waals surface area contributed by atoms with E-state index in [1.807, 2.05) is 0 Å². The fourth-order valence-electron chi connectivity index (χ4n) is 2.33. The number of nitrogens with one attached hydrogen (secondary N) is 1. The zero-order valence-electron chi connectivity index (χ0n) is 11.8. The van der Waals surface area contributed by atoms with E-state index in [1.54, 1.807) is 6.92 Å². The first-order chi connectivity index (χ1) is 10.8. The Bertz CT molecular complexity index is 636. The van der Waals surface area contributed by atoms with Gasteiger partial charge in [-0.3, -0.25) is 19.3 Å². The van der Waals surface area contributed by atoms with E-state index in [0.717, 1.165) is 4.90 Å². The Morgan fingerprint density at radius 3 is 2.70 bits per heavy atom. The number of rotatable bonds is 6. The predicted octanol–water partition coefficient (Wildman–Crippen LogP) is -0.156. The largest absolute Gasteiger partial charge is 0.477 e. The molecule has 0 aliphatic carbocycles. The van der Waals surface area contributed by atoms with Crippen molar-refractivity contribution in [2.24, 2.45) is 5.18 Å². The first-order valence-electron chi connectivity index (χ1n) is 6.42. The van der Waals surface area contributed by atoms with E-state index in [2.05, 4.69) is 26.4 Å². The van der Waals surface area contributed by atoms with Gasteiger partial charge in [0.05, 0.1) is 5.33 Å². The summed E-state index contributed by atoms with van der Waals surface area (Å²) in [7, 11) is 0. The Balaban J connectivity index is 2.13. The number of hydrogen-bond acceptors (Lipinski definition) is 7. The summed E-state index contributed by atoms with van der Waals surface area (Å²) in [5, 5.41) is 13.2. The van der Waals surface area contributed by atoms with E-state index in [1.165, 1.54) is 11.8 Å². The van der Waals surface area contributed by atoms with Gasteiger partial charge in [-0.1, -0.05) is 15.9 Å². The topological polar surface area (TPSA) is 133 Å². The lowest BCUT2D eigenvalue weighted by Crippen LogP contribution is -2.71. The van der Waals surface area contributed by atoms with Crippen molar-refractivity contribution >= 4 is 51.3 Å². The van der Waals surface area contributed by atoms with Crippen molar-refractivity contribution in [3.63, 3.8) is 0 Å². The average molecular weight is 406 g/mol. The number of carbonyl (C=O) groups excluding carboxylic acids is 3. The van der Waals surface area contributed by atoms with E-state index >= 15 is 0 Å². The summed E-state index contributed by atoms with van der Waals surface area (Å²) in [6, 6.07) is -2.72. The summed E-state index contributed by atoms with van der Waals surface area (Å²) < 4.78 is 0. The first-order valence-corrected chi connectivity index (χ1v) is 8.59. The van der Waals surface area contributed by atoms with Crippen LogP contribution in [-0.2, 0) is 19.2 Å². The minimum Gasteiger partial charge on any atom is -0.477 e. The summed E-state index contributed by atoms with van der Waals surface area (Å²) in [5.74, 6) is -3.10. The quantitative estimate of drug-likeness (QED) is 0.271. The molecule has 2 aliphatic rings. The molecule has 1 fully saturated rings. The number of nitrogens with zero attached hydrogens (tertiary/aromatic N) is 2. The number of Topliss-reactive ketones (excluding diaryl/α,β-unsaturated/α-hetero) is 1. The highest BCUT2D eigenvalue weighted by atomic mass is 79.9. The minimum absolute atomic E-state index is 0.0918. The zero-order valence-corrected chi connectivity index (χ0v) is 14.2. The van der Waals surface area contributed by atoms with Crippen molar-refractivity contribution in [3.8, 4) is 0 Å². The predicted molar refractivity (Wildman–Crippen MR) is 83.7 cm³/mol. The molecule has 124 valence electrons. The SMILES string of the molecule is CC1=C(C(=O)O)N2C(=O)[C@@H](NC(=O)C(N=O)C(=O)CBr)[C@H]2SC1. The van der Waals surface area contributed by atoms with Gasteiger partial charge < -0.3 is 10.4 Å². The Morgan fingerprint density at radius 1 is 1.52 bits per heavy atom. The van der Waals surface area contributed by atoms with Gasteiger partial charge in [-0.2, -0.15) is 0 Å². The molecular weight excluding hydrogens is 394 g/mol. The molecule has 0 aromatic rings. The molecule has 3 atom stereocenters. The van der Waals surface area contributed by atoms with E-state index in [9.17, 15) is 29.2 Å². The number of halogens is 1. The van der Waals surface area contributed by atoms with Gasteiger partial charge in [0.2, 0.25) is 6.04 Å². The molecule has 0 saturated carbocycles. The number of carboxylic acids is 1. The summed E-state index contributed by atoms with van der Waals surface area (Å²) in [4.78, 5) is 58.5. The van der Waals surface area contributed by atoms with Crippen LogP contribution in [0.25, 0.3) is 0 Å². The Labute approximate surface area is 142 Å². The molecule has 0 aromatic carbocycles. The molecule has 11 heteroatoms. The smallest absolute Gasteiger partial charge is 0.352 e. The number of β-lactam (4-membered cyclic amide) rings is 1. The standard InChI is InChI=1S/C12H12BrN3O6S/c1-4-3-23-11-7(10(19)16(11)8(4)12(20)21)14-9(18)6(15-22)5(17)2-13/h6-7,11H,2-3H2,1H3,(H,14,18)(H,20,21)/t6?,7-,11-/m1/s1. The van der Waals surface area contributed by atoms with Gasteiger partial charge in [-0.05, 0) is 17.7 Å². The van der Waals surface area contributed by atoms with Crippen molar-refractivity contribution in [2.75, 3.05) is 11.1 Å².